The molecule has 1 amide bonds. The highest BCUT2D eigenvalue weighted by molar-refractivity contribution is 6.30. The van der Waals surface area contributed by atoms with Gasteiger partial charge in [0.25, 0.3) is 5.56 Å². The zero-order valence-electron chi connectivity index (χ0n) is 19.3. The summed E-state index contributed by atoms with van der Waals surface area (Å²) in [5.74, 6) is 0.633. The third-order valence-electron chi connectivity index (χ3n) is 5.65. The summed E-state index contributed by atoms with van der Waals surface area (Å²) in [6.45, 7) is 8.00. The third-order valence-corrected chi connectivity index (χ3v) is 5.90. The summed E-state index contributed by atoms with van der Waals surface area (Å²) < 4.78 is 7.25. The van der Waals surface area contributed by atoms with E-state index in [0.717, 1.165) is 16.8 Å². The first kappa shape index (κ1) is 23.1. The molecule has 0 fully saturated rings. The van der Waals surface area contributed by atoms with Gasteiger partial charge in [-0.25, -0.2) is 9.78 Å². The highest BCUT2D eigenvalue weighted by Gasteiger charge is 2.30. The Morgan fingerprint density at radius 1 is 1.06 bits per heavy atom. The Bertz CT molecular complexity index is 1210. The van der Waals surface area contributed by atoms with Crippen molar-refractivity contribution in [3.05, 3.63) is 98.2 Å². The fourth-order valence-electron chi connectivity index (χ4n) is 4.17. The van der Waals surface area contributed by atoms with Gasteiger partial charge < -0.3 is 9.64 Å². The second kappa shape index (κ2) is 9.02. The van der Waals surface area contributed by atoms with Crippen LogP contribution in [0.2, 0.25) is 5.02 Å². The number of hydrogen-bond donors (Lipinski definition) is 0. The molecular formula is C26H28ClN3O3. The van der Waals surface area contributed by atoms with Gasteiger partial charge in [-0.2, -0.15) is 0 Å². The number of ether oxygens (including phenoxy) is 1. The molecule has 0 saturated heterocycles. The van der Waals surface area contributed by atoms with Crippen LogP contribution in [0.5, 0.6) is 0 Å². The largest absolute Gasteiger partial charge is 0.444 e. The van der Waals surface area contributed by atoms with Crippen molar-refractivity contribution >= 4 is 17.7 Å². The highest BCUT2D eigenvalue weighted by Crippen LogP contribution is 2.28. The minimum Gasteiger partial charge on any atom is -0.444 e. The van der Waals surface area contributed by atoms with Gasteiger partial charge in [0.05, 0.1) is 23.8 Å². The van der Waals surface area contributed by atoms with E-state index in [1.165, 1.54) is 0 Å². The number of benzene rings is 2. The minimum atomic E-state index is -0.601. The molecule has 0 bridgehead atoms. The van der Waals surface area contributed by atoms with Gasteiger partial charge in [-0.1, -0.05) is 54.1 Å². The van der Waals surface area contributed by atoms with Gasteiger partial charge in [0, 0.05) is 18.0 Å². The maximum absolute atomic E-state index is 13.9. The zero-order chi connectivity index (χ0) is 23.8. The molecule has 1 aliphatic rings. The summed E-state index contributed by atoms with van der Waals surface area (Å²) in [6, 6.07) is 17.0. The fraction of sp³-hybridized carbons (Fsp3) is 0.346. The molecule has 1 unspecified atom stereocenters. The smallest absolute Gasteiger partial charge is 0.410 e. The van der Waals surface area contributed by atoms with Crippen LogP contribution in [0.15, 0.2) is 59.4 Å². The van der Waals surface area contributed by atoms with Crippen molar-refractivity contribution in [1.82, 2.24) is 14.5 Å². The molecule has 0 N–H and O–H groups in total. The molecule has 0 spiro atoms. The summed E-state index contributed by atoms with van der Waals surface area (Å²) >= 11 is 6.13. The average molecular weight is 466 g/mol. The van der Waals surface area contributed by atoms with Crippen LogP contribution in [0.1, 0.15) is 55.0 Å². The van der Waals surface area contributed by atoms with Gasteiger partial charge in [0.1, 0.15) is 11.4 Å². The van der Waals surface area contributed by atoms with Gasteiger partial charge in [0.15, 0.2) is 0 Å². The molecule has 0 aliphatic carbocycles. The van der Waals surface area contributed by atoms with E-state index in [4.69, 9.17) is 21.3 Å². The van der Waals surface area contributed by atoms with Crippen molar-refractivity contribution in [3.63, 3.8) is 0 Å². The predicted molar refractivity (Wildman–Crippen MR) is 129 cm³/mol. The summed E-state index contributed by atoms with van der Waals surface area (Å²) in [5.41, 5.74) is 2.43. The molecule has 1 aliphatic heterocycles. The molecule has 33 heavy (non-hydrogen) atoms. The molecule has 6 nitrogen and oxygen atoms in total. The maximum Gasteiger partial charge on any atom is 0.410 e. The van der Waals surface area contributed by atoms with Crippen molar-refractivity contribution in [2.75, 3.05) is 6.54 Å². The van der Waals surface area contributed by atoms with E-state index < -0.39 is 11.7 Å². The molecule has 172 valence electrons. The van der Waals surface area contributed by atoms with E-state index in [9.17, 15) is 9.59 Å². The predicted octanol–water partition coefficient (Wildman–Crippen LogP) is 5.14. The summed E-state index contributed by atoms with van der Waals surface area (Å²) in [7, 11) is 0. The first-order valence-electron chi connectivity index (χ1n) is 11.0. The molecule has 0 radical (unpaired) electrons. The number of carbonyl (C=O) groups excluding carboxylic acids is 1. The second-order valence-electron chi connectivity index (χ2n) is 9.28. The van der Waals surface area contributed by atoms with Crippen molar-refractivity contribution in [2.45, 2.75) is 52.3 Å². The number of fused-ring (bicyclic) bond motifs is 1. The summed E-state index contributed by atoms with van der Waals surface area (Å²) in [5, 5.41) is 0.631. The van der Waals surface area contributed by atoms with Crippen molar-refractivity contribution in [2.24, 2.45) is 0 Å². The van der Waals surface area contributed by atoms with Gasteiger partial charge in [-0.3, -0.25) is 9.36 Å². The Balaban J connectivity index is 1.80. The first-order valence-corrected chi connectivity index (χ1v) is 11.4. The fourth-order valence-corrected chi connectivity index (χ4v) is 4.29. The van der Waals surface area contributed by atoms with E-state index in [0.29, 0.717) is 29.4 Å². The number of amides is 1. The quantitative estimate of drug-likeness (QED) is 0.537. The molecule has 2 aromatic carbocycles. The maximum atomic E-state index is 13.9. The van der Waals surface area contributed by atoms with Crippen LogP contribution in [0, 0.1) is 6.92 Å². The molecular weight excluding hydrogens is 438 g/mol. The normalized spacial score (nSPS) is 14.5. The molecule has 1 atom stereocenters. The Labute approximate surface area is 198 Å². The number of aryl methyl sites for hydroxylation is 1. The van der Waals surface area contributed by atoms with Crippen molar-refractivity contribution in [3.8, 4) is 0 Å². The lowest BCUT2D eigenvalue weighted by Gasteiger charge is -2.32. The van der Waals surface area contributed by atoms with Crippen molar-refractivity contribution in [1.29, 1.82) is 0 Å². The SMILES string of the molecule is Cc1nc2c(c(=O)n1C(c1ccccc1)c1ccc(Cl)cc1)CN(C(=O)OC(C)(C)C)CC2. The monoisotopic (exact) mass is 465 g/mol. The Morgan fingerprint density at radius 3 is 2.33 bits per heavy atom. The van der Waals surface area contributed by atoms with Crippen LogP contribution in [0.4, 0.5) is 4.79 Å². The topological polar surface area (TPSA) is 64.4 Å². The van der Waals surface area contributed by atoms with Crippen LogP contribution in [0.3, 0.4) is 0 Å². The Kier molecular flexibility index (Phi) is 6.30. The van der Waals surface area contributed by atoms with Crippen LogP contribution < -0.4 is 5.56 Å². The number of carbonyl (C=O) groups is 1. The third kappa shape index (κ3) is 4.96. The molecule has 7 heteroatoms. The number of aromatic nitrogens is 2. The second-order valence-corrected chi connectivity index (χ2v) is 9.71. The first-order chi connectivity index (χ1) is 15.6. The Morgan fingerprint density at radius 2 is 1.70 bits per heavy atom. The van der Waals surface area contributed by atoms with Crippen LogP contribution >= 0.6 is 11.6 Å². The standard InChI is InChI=1S/C26H28ClN3O3/c1-17-28-22-14-15-29(25(32)33-26(2,3)4)16-21(22)24(31)30(17)23(18-8-6-5-7-9-18)19-10-12-20(27)13-11-19/h5-13,23H,14-16H2,1-4H3. The van der Waals surface area contributed by atoms with E-state index in [2.05, 4.69) is 0 Å². The van der Waals surface area contributed by atoms with Crippen LogP contribution in [-0.2, 0) is 17.7 Å². The summed E-state index contributed by atoms with van der Waals surface area (Å²) in [4.78, 5) is 32.9. The minimum absolute atomic E-state index is 0.144. The Hall–Kier alpha value is -3.12. The molecule has 2 heterocycles. The van der Waals surface area contributed by atoms with Gasteiger partial charge in [-0.15, -0.1) is 0 Å². The van der Waals surface area contributed by atoms with E-state index >= 15 is 0 Å². The number of rotatable bonds is 3. The molecule has 4 rings (SSSR count). The van der Waals surface area contributed by atoms with E-state index in [1.807, 2.05) is 82.3 Å². The number of hydrogen-bond acceptors (Lipinski definition) is 4. The zero-order valence-corrected chi connectivity index (χ0v) is 20.1. The molecule has 3 aromatic rings. The van der Waals surface area contributed by atoms with Gasteiger partial charge in [-0.05, 0) is 51.0 Å². The summed E-state index contributed by atoms with van der Waals surface area (Å²) in [6.07, 6.45) is 0.0969. The molecule has 0 saturated carbocycles. The highest BCUT2D eigenvalue weighted by atomic mass is 35.5. The number of nitrogens with zero attached hydrogens (tertiary/aromatic N) is 3. The molecule has 1 aromatic heterocycles. The van der Waals surface area contributed by atoms with Crippen molar-refractivity contribution < 1.29 is 9.53 Å². The van der Waals surface area contributed by atoms with Crippen LogP contribution in [-0.4, -0.2) is 32.7 Å². The van der Waals surface area contributed by atoms with E-state index in [-0.39, 0.29) is 18.1 Å². The number of halogens is 1. The lowest BCUT2D eigenvalue weighted by atomic mass is 9.97. The van der Waals surface area contributed by atoms with Gasteiger partial charge >= 0.3 is 6.09 Å². The average Bonchev–Trinajstić information content (AvgIpc) is 2.77. The lowest BCUT2D eigenvalue weighted by molar-refractivity contribution is 0.0221. The lowest BCUT2D eigenvalue weighted by Crippen LogP contribution is -2.44. The van der Waals surface area contributed by atoms with Gasteiger partial charge in [0.2, 0.25) is 0 Å². The van der Waals surface area contributed by atoms with E-state index in [1.54, 1.807) is 9.47 Å². The van der Waals surface area contributed by atoms with Crippen LogP contribution in [0.25, 0.3) is 0 Å².